The van der Waals surface area contributed by atoms with E-state index in [1.54, 1.807) is 19.1 Å². The molecule has 0 atom stereocenters. The number of oxazole rings is 1. The SMILES string of the molecule is CCN(C(=O)CCc1ncc(-c2ccc(F)cc2)o1)c1c(N)n(Cc2ccccc2)c(=O)[nH]c1=O. The fraction of sp³-hybridized carbons (Fsp3) is 0.200. The number of aromatic amines is 1. The number of carbonyl (C=O) groups excluding carboxylic acids is 1. The van der Waals surface area contributed by atoms with Gasteiger partial charge in [-0.25, -0.2) is 14.2 Å². The van der Waals surface area contributed by atoms with Gasteiger partial charge in [0.25, 0.3) is 5.56 Å². The van der Waals surface area contributed by atoms with Crippen LogP contribution >= 0.6 is 0 Å². The number of aromatic nitrogens is 3. The minimum absolute atomic E-state index is 0.00605. The highest BCUT2D eigenvalue weighted by Crippen LogP contribution is 2.22. The quantitative estimate of drug-likeness (QED) is 0.402. The van der Waals surface area contributed by atoms with Crippen LogP contribution in [0.15, 0.2) is 74.8 Å². The second-order valence-electron chi connectivity index (χ2n) is 7.83. The van der Waals surface area contributed by atoms with Crippen LogP contribution in [0.2, 0.25) is 0 Å². The van der Waals surface area contributed by atoms with Gasteiger partial charge in [-0.1, -0.05) is 30.3 Å². The van der Waals surface area contributed by atoms with Gasteiger partial charge in [-0.2, -0.15) is 0 Å². The molecule has 180 valence electrons. The Kier molecular flexibility index (Phi) is 6.91. The molecule has 0 saturated heterocycles. The van der Waals surface area contributed by atoms with Crippen molar-refractivity contribution >= 4 is 17.4 Å². The number of benzene rings is 2. The molecule has 0 fully saturated rings. The predicted molar refractivity (Wildman–Crippen MR) is 130 cm³/mol. The summed E-state index contributed by atoms with van der Waals surface area (Å²) in [7, 11) is 0. The minimum atomic E-state index is -0.735. The van der Waals surface area contributed by atoms with E-state index in [-0.39, 0.29) is 49.2 Å². The average Bonchev–Trinajstić information content (AvgIpc) is 3.33. The van der Waals surface area contributed by atoms with Gasteiger partial charge < -0.3 is 15.1 Å². The molecule has 0 unspecified atom stereocenters. The first kappa shape index (κ1) is 23.7. The summed E-state index contributed by atoms with van der Waals surface area (Å²) in [6.45, 7) is 2.02. The Morgan fingerprint density at radius 3 is 2.54 bits per heavy atom. The molecule has 0 aliphatic carbocycles. The van der Waals surface area contributed by atoms with Crippen molar-refractivity contribution in [2.24, 2.45) is 0 Å². The van der Waals surface area contributed by atoms with Crippen molar-refractivity contribution in [3.63, 3.8) is 0 Å². The van der Waals surface area contributed by atoms with Gasteiger partial charge in [0.05, 0.1) is 12.7 Å². The molecule has 0 aliphatic rings. The first-order valence-electron chi connectivity index (χ1n) is 11.0. The average molecular weight is 477 g/mol. The lowest BCUT2D eigenvalue weighted by atomic mass is 10.2. The van der Waals surface area contributed by atoms with Crippen molar-refractivity contribution in [2.45, 2.75) is 26.3 Å². The molecule has 2 aromatic heterocycles. The summed E-state index contributed by atoms with van der Waals surface area (Å²) < 4.78 is 20.1. The summed E-state index contributed by atoms with van der Waals surface area (Å²) in [5.41, 5.74) is 6.23. The van der Waals surface area contributed by atoms with Crippen LogP contribution < -0.4 is 21.9 Å². The molecular formula is C25H24FN5O4. The molecule has 2 heterocycles. The van der Waals surface area contributed by atoms with Crippen molar-refractivity contribution in [1.29, 1.82) is 0 Å². The van der Waals surface area contributed by atoms with Crippen molar-refractivity contribution < 1.29 is 13.6 Å². The highest BCUT2D eigenvalue weighted by atomic mass is 19.1. The third-order valence-electron chi connectivity index (χ3n) is 5.52. The number of hydrogen-bond acceptors (Lipinski definition) is 6. The number of nitrogen functional groups attached to an aromatic ring is 1. The van der Waals surface area contributed by atoms with Gasteiger partial charge in [-0.3, -0.25) is 19.1 Å². The topological polar surface area (TPSA) is 127 Å². The third-order valence-corrected chi connectivity index (χ3v) is 5.52. The van der Waals surface area contributed by atoms with E-state index >= 15 is 0 Å². The van der Waals surface area contributed by atoms with Gasteiger partial charge in [0.1, 0.15) is 11.6 Å². The lowest BCUT2D eigenvalue weighted by Gasteiger charge is -2.23. The molecule has 4 rings (SSSR count). The van der Waals surface area contributed by atoms with Gasteiger partial charge >= 0.3 is 5.69 Å². The fourth-order valence-corrected chi connectivity index (χ4v) is 3.74. The molecule has 35 heavy (non-hydrogen) atoms. The van der Waals surface area contributed by atoms with E-state index in [2.05, 4.69) is 9.97 Å². The molecule has 9 nitrogen and oxygen atoms in total. The highest BCUT2D eigenvalue weighted by Gasteiger charge is 2.23. The second-order valence-corrected chi connectivity index (χ2v) is 7.83. The normalized spacial score (nSPS) is 10.9. The van der Waals surface area contributed by atoms with Crippen molar-refractivity contribution in [1.82, 2.24) is 14.5 Å². The van der Waals surface area contributed by atoms with E-state index in [1.165, 1.54) is 27.8 Å². The van der Waals surface area contributed by atoms with Crippen LogP contribution in [-0.2, 0) is 17.8 Å². The van der Waals surface area contributed by atoms with E-state index in [9.17, 15) is 18.8 Å². The Bertz CT molecular complexity index is 1440. The minimum Gasteiger partial charge on any atom is -0.441 e. The lowest BCUT2D eigenvalue weighted by Crippen LogP contribution is -2.41. The summed E-state index contributed by atoms with van der Waals surface area (Å²) in [5, 5.41) is 0. The van der Waals surface area contributed by atoms with Gasteiger partial charge in [0.15, 0.2) is 17.3 Å². The molecule has 4 aromatic rings. The number of H-pyrrole nitrogens is 1. The van der Waals surface area contributed by atoms with E-state index < -0.39 is 11.2 Å². The number of halogens is 1. The zero-order valence-corrected chi connectivity index (χ0v) is 19.0. The Labute approximate surface area is 199 Å². The number of nitrogens with two attached hydrogens (primary N) is 1. The van der Waals surface area contributed by atoms with E-state index in [0.717, 1.165) is 5.56 Å². The second kappa shape index (κ2) is 10.2. The number of nitrogens with one attached hydrogen (secondary N) is 1. The third kappa shape index (κ3) is 5.21. The zero-order valence-electron chi connectivity index (χ0n) is 19.0. The Hall–Kier alpha value is -4.47. The smallest absolute Gasteiger partial charge is 0.330 e. The maximum atomic E-state index is 13.1. The first-order valence-corrected chi connectivity index (χ1v) is 11.0. The van der Waals surface area contributed by atoms with Gasteiger partial charge in [0, 0.05) is 24.9 Å². The standard InChI is InChI=1S/C25H24FN5O4/c1-2-30(21(32)13-12-20-28-14-19(35-20)17-8-10-18(26)11-9-17)22-23(27)31(25(34)29-24(22)33)15-16-6-4-3-5-7-16/h3-11,14H,2,12-13,15,27H2,1H3,(H,29,33,34). The highest BCUT2D eigenvalue weighted by molar-refractivity contribution is 5.95. The molecule has 2 aromatic carbocycles. The molecule has 0 spiro atoms. The fourth-order valence-electron chi connectivity index (χ4n) is 3.74. The zero-order chi connectivity index (χ0) is 24.9. The summed E-state index contributed by atoms with van der Waals surface area (Å²) >= 11 is 0. The van der Waals surface area contributed by atoms with Gasteiger partial charge in [-0.05, 0) is 36.8 Å². The maximum Gasteiger partial charge on any atom is 0.330 e. The number of hydrogen-bond donors (Lipinski definition) is 2. The molecule has 0 aliphatic heterocycles. The van der Waals surface area contributed by atoms with Crippen LogP contribution in [0.4, 0.5) is 15.9 Å². The van der Waals surface area contributed by atoms with Crippen LogP contribution in [-0.4, -0.2) is 27.0 Å². The summed E-state index contributed by atoms with van der Waals surface area (Å²) in [5.74, 6) is -0.0510. The van der Waals surface area contributed by atoms with Crippen LogP contribution in [0, 0.1) is 5.82 Å². The first-order chi connectivity index (χ1) is 16.9. The number of amides is 1. The summed E-state index contributed by atoms with van der Waals surface area (Å²) in [4.78, 5) is 45.8. The largest absolute Gasteiger partial charge is 0.441 e. The maximum absolute atomic E-state index is 13.1. The van der Waals surface area contributed by atoms with Crippen molar-refractivity contribution in [3.8, 4) is 11.3 Å². The number of carbonyl (C=O) groups is 1. The summed E-state index contributed by atoms with van der Waals surface area (Å²) in [6.07, 6.45) is 1.68. The molecule has 3 N–H and O–H groups in total. The van der Waals surface area contributed by atoms with E-state index in [1.807, 2.05) is 30.3 Å². The number of aryl methyl sites for hydroxylation is 1. The van der Waals surface area contributed by atoms with Crippen LogP contribution in [0.25, 0.3) is 11.3 Å². The Balaban J connectivity index is 1.53. The number of rotatable bonds is 8. The number of anilines is 2. The summed E-state index contributed by atoms with van der Waals surface area (Å²) in [6, 6.07) is 14.9. The molecule has 0 bridgehead atoms. The number of nitrogens with zero attached hydrogens (tertiary/aromatic N) is 3. The molecular weight excluding hydrogens is 453 g/mol. The molecule has 0 radical (unpaired) electrons. The van der Waals surface area contributed by atoms with E-state index in [4.69, 9.17) is 10.2 Å². The van der Waals surface area contributed by atoms with Crippen LogP contribution in [0.5, 0.6) is 0 Å². The monoisotopic (exact) mass is 477 g/mol. The Morgan fingerprint density at radius 1 is 1.14 bits per heavy atom. The van der Waals surface area contributed by atoms with Crippen LogP contribution in [0.1, 0.15) is 24.8 Å². The van der Waals surface area contributed by atoms with Gasteiger partial charge in [-0.15, -0.1) is 0 Å². The molecule has 1 amide bonds. The van der Waals surface area contributed by atoms with Crippen LogP contribution in [0.3, 0.4) is 0 Å². The predicted octanol–water partition coefficient (Wildman–Crippen LogP) is 2.95. The molecule has 0 saturated carbocycles. The van der Waals surface area contributed by atoms with Crippen molar-refractivity contribution in [3.05, 3.63) is 98.9 Å². The van der Waals surface area contributed by atoms with Gasteiger partial charge in [0.2, 0.25) is 5.91 Å². The van der Waals surface area contributed by atoms with E-state index in [0.29, 0.717) is 17.2 Å². The van der Waals surface area contributed by atoms with Crippen molar-refractivity contribution in [2.75, 3.05) is 17.2 Å². The molecule has 10 heteroatoms. The Morgan fingerprint density at radius 2 is 1.86 bits per heavy atom. The lowest BCUT2D eigenvalue weighted by molar-refractivity contribution is -0.118.